The molecule has 0 saturated heterocycles. The fraction of sp³-hybridized carbons (Fsp3) is 0. The van der Waals surface area contributed by atoms with Crippen molar-refractivity contribution in [3.63, 3.8) is 0 Å². The molecule has 0 amide bonds. The summed E-state index contributed by atoms with van der Waals surface area (Å²) in [5.74, 6) is 0.0462. The predicted molar refractivity (Wildman–Crippen MR) is 93.1 cm³/mol. The predicted octanol–water partition coefficient (Wildman–Crippen LogP) is 5.11. The molecule has 0 fully saturated rings. The summed E-state index contributed by atoms with van der Waals surface area (Å²) in [4.78, 5) is 11.4. The molecule has 2 heteroatoms. The zero-order valence-electron chi connectivity index (χ0n) is 12.6. The fourth-order valence-corrected chi connectivity index (χ4v) is 2.47. The van der Waals surface area contributed by atoms with Gasteiger partial charge in [-0.2, -0.15) is 0 Å². The van der Waals surface area contributed by atoms with Crippen LogP contribution in [0.3, 0.4) is 0 Å². The summed E-state index contributed by atoms with van der Waals surface area (Å²) in [5, 5.41) is 0. The van der Waals surface area contributed by atoms with Gasteiger partial charge in [0, 0.05) is 6.08 Å². The zero-order valence-corrected chi connectivity index (χ0v) is 12.6. The van der Waals surface area contributed by atoms with Crippen LogP contribution >= 0.6 is 0 Å². The van der Waals surface area contributed by atoms with E-state index in [1.165, 1.54) is 0 Å². The lowest BCUT2D eigenvalue weighted by Crippen LogP contribution is -2.03. The zero-order chi connectivity index (χ0) is 16.1. The van der Waals surface area contributed by atoms with Gasteiger partial charge in [0.1, 0.15) is 5.75 Å². The molecule has 0 atom stereocenters. The maximum Gasteiger partial charge on any atom is 0.335 e. The van der Waals surface area contributed by atoms with E-state index in [1.54, 1.807) is 6.07 Å². The molecule has 0 aliphatic rings. The molecule has 0 spiro atoms. The molecule has 0 aliphatic carbocycles. The first-order valence-electron chi connectivity index (χ1n) is 7.37. The van der Waals surface area contributed by atoms with Gasteiger partial charge in [0.2, 0.25) is 0 Å². The number of esters is 1. The highest BCUT2D eigenvalue weighted by molar-refractivity contribution is 5.87. The minimum atomic E-state index is -0.462. The van der Waals surface area contributed by atoms with E-state index in [0.29, 0.717) is 5.75 Å². The van der Waals surface area contributed by atoms with Crippen LogP contribution in [-0.4, -0.2) is 5.97 Å². The summed E-state index contributed by atoms with van der Waals surface area (Å²) < 4.78 is 5.26. The number of hydrogen-bond acceptors (Lipinski definition) is 2. The summed E-state index contributed by atoms with van der Waals surface area (Å²) in [6.07, 6.45) is 1.16. The Bertz CT molecular complexity index is 821. The van der Waals surface area contributed by atoms with Crippen molar-refractivity contribution in [2.45, 2.75) is 0 Å². The molecule has 2 nitrogen and oxygen atoms in total. The molecular weight excluding hydrogens is 284 g/mol. The highest BCUT2D eigenvalue weighted by atomic mass is 16.5. The molecule has 0 bridgehead atoms. The number of carbonyl (C=O) groups excluding carboxylic acids is 1. The number of rotatable bonds is 4. The van der Waals surface area contributed by atoms with Crippen molar-refractivity contribution in [2.75, 3.05) is 0 Å². The Morgan fingerprint density at radius 2 is 1.35 bits per heavy atom. The van der Waals surface area contributed by atoms with E-state index in [9.17, 15) is 4.79 Å². The van der Waals surface area contributed by atoms with E-state index in [2.05, 4.69) is 18.7 Å². The van der Waals surface area contributed by atoms with Crippen LogP contribution in [0.5, 0.6) is 5.75 Å². The topological polar surface area (TPSA) is 26.3 Å². The lowest BCUT2D eigenvalue weighted by molar-refractivity contribution is -0.128. The molecule has 0 unspecified atom stereocenters. The Hall–Kier alpha value is -3.13. The molecule has 3 aromatic carbocycles. The van der Waals surface area contributed by atoms with E-state index in [4.69, 9.17) is 4.74 Å². The third kappa shape index (κ3) is 3.38. The van der Waals surface area contributed by atoms with Crippen LogP contribution in [0.15, 0.2) is 91.5 Å². The molecule has 0 N–H and O–H groups in total. The molecule has 112 valence electrons. The molecule has 0 radical (unpaired) electrons. The van der Waals surface area contributed by atoms with Crippen LogP contribution < -0.4 is 4.74 Å². The summed E-state index contributed by atoms with van der Waals surface area (Å²) >= 11 is 0. The average Bonchev–Trinajstić information content (AvgIpc) is 2.63. The first-order chi connectivity index (χ1) is 11.3. The lowest BCUT2D eigenvalue weighted by Gasteiger charge is -2.12. The van der Waals surface area contributed by atoms with Gasteiger partial charge in [0.25, 0.3) is 0 Å². The molecular formula is C21H16O2. The van der Waals surface area contributed by atoms with E-state index >= 15 is 0 Å². The minimum Gasteiger partial charge on any atom is -0.423 e. The standard InChI is InChI=1S/C21H16O2/c1-2-21(22)23-18-13-14-19(16-9-5-3-6-10-16)20(15-18)17-11-7-4-8-12-17/h2-15H,1H2. The first kappa shape index (κ1) is 14.8. The third-order valence-electron chi connectivity index (χ3n) is 3.55. The summed E-state index contributed by atoms with van der Waals surface area (Å²) in [5.41, 5.74) is 4.30. The van der Waals surface area contributed by atoms with Crippen molar-refractivity contribution in [1.82, 2.24) is 0 Å². The average molecular weight is 300 g/mol. The number of benzene rings is 3. The van der Waals surface area contributed by atoms with Crippen LogP contribution in [0.2, 0.25) is 0 Å². The quantitative estimate of drug-likeness (QED) is 0.380. The van der Waals surface area contributed by atoms with Gasteiger partial charge in [-0.1, -0.05) is 73.3 Å². The highest BCUT2D eigenvalue weighted by Gasteiger charge is 2.10. The van der Waals surface area contributed by atoms with Crippen molar-refractivity contribution in [1.29, 1.82) is 0 Å². The molecule has 3 aromatic rings. The Balaban J connectivity index is 2.13. The van der Waals surface area contributed by atoms with Gasteiger partial charge in [-0.05, 0) is 34.4 Å². The maximum absolute atomic E-state index is 11.4. The van der Waals surface area contributed by atoms with E-state index < -0.39 is 5.97 Å². The second-order valence-electron chi connectivity index (χ2n) is 5.06. The van der Waals surface area contributed by atoms with Crippen molar-refractivity contribution >= 4 is 5.97 Å². The molecule has 0 aromatic heterocycles. The second kappa shape index (κ2) is 6.75. The maximum atomic E-state index is 11.4. The van der Waals surface area contributed by atoms with Crippen LogP contribution in [-0.2, 0) is 4.79 Å². The largest absolute Gasteiger partial charge is 0.423 e. The third-order valence-corrected chi connectivity index (χ3v) is 3.55. The molecule has 0 saturated carbocycles. The number of ether oxygens (including phenoxy) is 1. The van der Waals surface area contributed by atoms with Crippen molar-refractivity contribution < 1.29 is 9.53 Å². The summed E-state index contributed by atoms with van der Waals surface area (Å²) in [7, 11) is 0. The molecule has 23 heavy (non-hydrogen) atoms. The van der Waals surface area contributed by atoms with Crippen LogP contribution in [0.1, 0.15) is 0 Å². The van der Waals surface area contributed by atoms with E-state index in [1.807, 2.05) is 60.7 Å². The molecule has 3 rings (SSSR count). The van der Waals surface area contributed by atoms with Crippen molar-refractivity contribution in [3.8, 4) is 28.0 Å². The van der Waals surface area contributed by atoms with Gasteiger partial charge >= 0.3 is 5.97 Å². The smallest absolute Gasteiger partial charge is 0.335 e. The fourth-order valence-electron chi connectivity index (χ4n) is 2.47. The summed E-state index contributed by atoms with van der Waals surface area (Å²) in [6.45, 7) is 3.43. The first-order valence-corrected chi connectivity index (χ1v) is 7.37. The number of hydrogen-bond donors (Lipinski definition) is 0. The SMILES string of the molecule is C=CC(=O)Oc1ccc(-c2ccccc2)c(-c2ccccc2)c1. The van der Waals surface area contributed by atoms with Crippen LogP contribution in [0, 0.1) is 0 Å². The van der Waals surface area contributed by atoms with Gasteiger partial charge < -0.3 is 4.74 Å². The molecule has 0 aliphatic heterocycles. The van der Waals surface area contributed by atoms with Gasteiger partial charge in [-0.3, -0.25) is 0 Å². The van der Waals surface area contributed by atoms with Crippen molar-refractivity contribution in [3.05, 3.63) is 91.5 Å². The van der Waals surface area contributed by atoms with Gasteiger partial charge in [-0.15, -0.1) is 0 Å². The van der Waals surface area contributed by atoms with E-state index in [-0.39, 0.29) is 0 Å². The van der Waals surface area contributed by atoms with Crippen LogP contribution in [0.25, 0.3) is 22.3 Å². The Morgan fingerprint density at radius 3 is 1.91 bits per heavy atom. The van der Waals surface area contributed by atoms with Gasteiger partial charge in [0.15, 0.2) is 0 Å². The molecule has 0 heterocycles. The number of carbonyl (C=O) groups is 1. The summed E-state index contributed by atoms with van der Waals surface area (Å²) in [6, 6.07) is 25.9. The monoisotopic (exact) mass is 300 g/mol. The normalized spacial score (nSPS) is 10.1. The Labute approximate surface area is 135 Å². The second-order valence-corrected chi connectivity index (χ2v) is 5.06. The lowest BCUT2D eigenvalue weighted by atomic mass is 9.94. The van der Waals surface area contributed by atoms with Gasteiger partial charge in [-0.25, -0.2) is 4.79 Å². The Morgan fingerprint density at radius 1 is 0.783 bits per heavy atom. The van der Waals surface area contributed by atoms with Crippen molar-refractivity contribution in [2.24, 2.45) is 0 Å². The van der Waals surface area contributed by atoms with Gasteiger partial charge in [0.05, 0.1) is 0 Å². The minimum absolute atomic E-state index is 0.462. The van der Waals surface area contributed by atoms with E-state index in [0.717, 1.165) is 28.3 Å². The highest BCUT2D eigenvalue weighted by Crippen LogP contribution is 2.34. The van der Waals surface area contributed by atoms with Crippen LogP contribution in [0.4, 0.5) is 0 Å². The Kier molecular flexibility index (Phi) is 4.34.